The number of alkyl carbamates (subject to hydrolysis) is 1. The highest BCUT2D eigenvalue weighted by Gasteiger charge is 2.36. The van der Waals surface area contributed by atoms with Gasteiger partial charge in [0.2, 0.25) is 0 Å². The van der Waals surface area contributed by atoms with Gasteiger partial charge in [-0.25, -0.2) is 4.79 Å². The number of aliphatic hydroxyl groups is 1. The Labute approximate surface area is 206 Å². The molecule has 0 heterocycles. The van der Waals surface area contributed by atoms with Gasteiger partial charge in [0.1, 0.15) is 23.5 Å². The zero-order valence-corrected chi connectivity index (χ0v) is 20.5. The molecule has 1 unspecified atom stereocenters. The molecule has 3 aromatic rings. The number of hydrogen-bond donors (Lipinski definition) is 3. The maximum atomic E-state index is 12.7. The quantitative estimate of drug-likeness (QED) is 0.418. The maximum Gasteiger partial charge on any atom is 0.408 e. The fraction of sp³-hybridized carbons (Fsp3) is 0.286. The molecule has 0 saturated carbocycles. The minimum Gasteiger partial charge on any atom is -0.489 e. The van der Waals surface area contributed by atoms with Gasteiger partial charge in [0.05, 0.1) is 6.61 Å². The van der Waals surface area contributed by atoms with E-state index in [4.69, 9.17) is 9.47 Å². The van der Waals surface area contributed by atoms with E-state index in [0.29, 0.717) is 18.0 Å². The molecule has 3 rings (SSSR count). The summed E-state index contributed by atoms with van der Waals surface area (Å²) in [6.07, 6.45) is -0.787. The van der Waals surface area contributed by atoms with E-state index in [9.17, 15) is 14.7 Å². The van der Waals surface area contributed by atoms with Crippen LogP contribution in [0.3, 0.4) is 0 Å². The van der Waals surface area contributed by atoms with Crippen molar-refractivity contribution >= 4 is 17.7 Å². The molecule has 0 spiro atoms. The summed E-state index contributed by atoms with van der Waals surface area (Å²) in [6.45, 7) is 6.38. The lowest BCUT2D eigenvalue weighted by Gasteiger charge is -2.29. The second kappa shape index (κ2) is 11.1. The molecule has 0 aliphatic rings. The summed E-state index contributed by atoms with van der Waals surface area (Å²) >= 11 is 0. The Morgan fingerprint density at radius 3 is 2.00 bits per heavy atom. The van der Waals surface area contributed by atoms with Gasteiger partial charge in [-0.2, -0.15) is 0 Å². The summed E-state index contributed by atoms with van der Waals surface area (Å²) in [5.74, 6) is 0.0740. The van der Waals surface area contributed by atoms with Crippen LogP contribution >= 0.6 is 0 Å². The Bertz CT molecular complexity index is 1120. The summed E-state index contributed by atoms with van der Waals surface area (Å²) in [5, 5.41) is 14.9. The Balaban J connectivity index is 1.54. The Kier molecular flexibility index (Phi) is 8.14. The Hall–Kier alpha value is -3.84. The lowest BCUT2D eigenvalue weighted by atomic mass is 10.0. The van der Waals surface area contributed by atoms with E-state index in [2.05, 4.69) is 34.9 Å². The third-order valence-electron chi connectivity index (χ3n) is 5.17. The summed E-state index contributed by atoms with van der Waals surface area (Å²) < 4.78 is 11.0. The molecule has 0 fully saturated rings. The van der Waals surface area contributed by atoms with Crippen molar-refractivity contribution in [2.75, 3.05) is 11.9 Å². The number of amides is 2. The topological polar surface area (TPSA) is 96.9 Å². The molecule has 0 radical (unpaired) electrons. The van der Waals surface area contributed by atoms with E-state index in [1.54, 1.807) is 45.0 Å². The van der Waals surface area contributed by atoms with Crippen LogP contribution in [0, 0.1) is 0 Å². The van der Waals surface area contributed by atoms with E-state index in [0.717, 1.165) is 16.7 Å². The Morgan fingerprint density at radius 2 is 1.43 bits per heavy atom. The molecule has 0 saturated heterocycles. The summed E-state index contributed by atoms with van der Waals surface area (Å²) in [5.41, 5.74) is 1.57. The van der Waals surface area contributed by atoms with Crippen LogP contribution in [0.15, 0.2) is 78.9 Å². The largest absolute Gasteiger partial charge is 0.489 e. The molecule has 184 valence electrons. The van der Waals surface area contributed by atoms with Crippen LogP contribution in [0.1, 0.15) is 33.3 Å². The van der Waals surface area contributed by atoms with Crippen molar-refractivity contribution in [1.29, 1.82) is 0 Å². The molecule has 2 amide bonds. The van der Waals surface area contributed by atoms with Crippen molar-refractivity contribution in [3.8, 4) is 16.9 Å². The van der Waals surface area contributed by atoms with E-state index in [1.165, 1.54) is 6.92 Å². The number of rotatable bonds is 8. The van der Waals surface area contributed by atoms with Gasteiger partial charge < -0.3 is 25.2 Å². The average molecular weight is 477 g/mol. The zero-order valence-electron chi connectivity index (χ0n) is 20.5. The van der Waals surface area contributed by atoms with Crippen LogP contribution in [-0.4, -0.2) is 34.9 Å². The molecular formula is C28H32N2O5. The molecule has 35 heavy (non-hydrogen) atoms. The molecule has 7 heteroatoms. The van der Waals surface area contributed by atoms with E-state index >= 15 is 0 Å². The number of carbonyl (C=O) groups excluding carboxylic acids is 2. The van der Waals surface area contributed by atoms with Crippen LogP contribution < -0.4 is 15.4 Å². The fourth-order valence-corrected chi connectivity index (χ4v) is 3.19. The number of aliphatic hydroxyl groups excluding tert-OH is 1. The number of hydrogen-bond acceptors (Lipinski definition) is 5. The zero-order chi connectivity index (χ0) is 25.5. The Morgan fingerprint density at radius 1 is 0.829 bits per heavy atom. The van der Waals surface area contributed by atoms with Crippen molar-refractivity contribution in [3.63, 3.8) is 0 Å². The van der Waals surface area contributed by atoms with Gasteiger partial charge in [-0.15, -0.1) is 0 Å². The molecule has 0 aromatic heterocycles. The minimum absolute atomic E-state index is 0.406. The maximum absolute atomic E-state index is 12.7. The van der Waals surface area contributed by atoms with Crippen molar-refractivity contribution < 1.29 is 24.2 Å². The van der Waals surface area contributed by atoms with Crippen LogP contribution in [0.25, 0.3) is 11.1 Å². The highest BCUT2D eigenvalue weighted by Crippen LogP contribution is 2.21. The van der Waals surface area contributed by atoms with Crippen molar-refractivity contribution in [3.05, 3.63) is 84.4 Å². The van der Waals surface area contributed by atoms with Crippen LogP contribution in [0.2, 0.25) is 0 Å². The first-order chi connectivity index (χ1) is 16.6. The van der Waals surface area contributed by atoms with Gasteiger partial charge in [0, 0.05) is 5.69 Å². The highest BCUT2D eigenvalue weighted by molar-refractivity contribution is 5.99. The second-order valence-corrected chi connectivity index (χ2v) is 9.45. The molecular weight excluding hydrogens is 444 g/mol. The summed E-state index contributed by atoms with van der Waals surface area (Å²) in [4.78, 5) is 24.8. The van der Waals surface area contributed by atoms with Crippen molar-refractivity contribution in [1.82, 2.24) is 5.32 Å². The second-order valence-electron chi connectivity index (χ2n) is 9.45. The van der Waals surface area contributed by atoms with Gasteiger partial charge in [-0.05, 0) is 68.7 Å². The number of carbonyl (C=O) groups is 2. The van der Waals surface area contributed by atoms with E-state index in [1.807, 2.05) is 30.3 Å². The van der Waals surface area contributed by atoms with Gasteiger partial charge in [-0.3, -0.25) is 4.79 Å². The van der Waals surface area contributed by atoms with Crippen molar-refractivity contribution in [2.24, 2.45) is 0 Å². The molecule has 1 atom stereocenters. The SMILES string of the molecule is CC(C)(C)OC(=O)NC(C)(CO)C(=O)Nc1ccc(OCc2ccc(-c3ccccc3)cc2)cc1. The monoisotopic (exact) mass is 476 g/mol. The van der Waals surface area contributed by atoms with Crippen LogP contribution in [-0.2, 0) is 16.1 Å². The van der Waals surface area contributed by atoms with Gasteiger partial charge in [-0.1, -0.05) is 54.6 Å². The van der Waals surface area contributed by atoms with Crippen molar-refractivity contribution in [2.45, 2.75) is 45.4 Å². The summed E-state index contributed by atoms with van der Waals surface area (Å²) in [7, 11) is 0. The molecule has 3 aromatic carbocycles. The first-order valence-electron chi connectivity index (χ1n) is 11.4. The predicted molar refractivity (Wildman–Crippen MR) is 136 cm³/mol. The van der Waals surface area contributed by atoms with E-state index < -0.39 is 29.7 Å². The number of benzene rings is 3. The van der Waals surface area contributed by atoms with Gasteiger partial charge in [0.15, 0.2) is 0 Å². The van der Waals surface area contributed by atoms with E-state index in [-0.39, 0.29) is 0 Å². The first kappa shape index (κ1) is 25.8. The minimum atomic E-state index is -1.55. The normalized spacial score (nSPS) is 12.8. The molecule has 0 aliphatic carbocycles. The number of nitrogens with one attached hydrogen (secondary N) is 2. The number of ether oxygens (including phenoxy) is 2. The highest BCUT2D eigenvalue weighted by atomic mass is 16.6. The standard InChI is InChI=1S/C28H32N2O5/c1-27(2,3)35-26(33)30-28(4,19-31)25(32)29-23-14-16-24(17-15-23)34-18-20-10-12-22(13-11-20)21-8-6-5-7-9-21/h5-17,31H,18-19H2,1-4H3,(H,29,32)(H,30,33). The lowest BCUT2D eigenvalue weighted by molar-refractivity contribution is -0.123. The molecule has 0 aliphatic heterocycles. The lowest BCUT2D eigenvalue weighted by Crippen LogP contribution is -2.58. The average Bonchev–Trinajstić information content (AvgIpc) is 2.83. The predicted octanol–water partition coefficient (Wildman–Crippen LogP) is 5.15. The first-order valence-corrected chi connectivity index (χ1v) is 11.4. The van der Waals surface area contributed by atoms with Gasteiger partial charge >= 0.3 is 6.09 Å². The van der Waals surface area contributed by atoms with Crippen LogP contribution in [0.4, 0.5) is 10.5 Å². The smallest absolute Gasteiger partial charge is 0.408 e. The third-order valence-corrected chi connectivity index (χ3v) is 5.17. The third kappa shape index (κ3) is 7.58. The summed E-state index contributed by atoms with van der Waals surface area (Å²) in [6, 6.07) is 25.2. The number of anilines is 1. The molecule has 3 N–H and O–H groups in total. The molecule has 0 bridgehead atoms. The molecule has 7 nitrogen and oxygen atoms in total. The fourth-order valence-electron chi connectivity index (χ4n) is 3.19. The van der Waals surface area contributed by atoms with Crippen LogP contribution in [0.5, 0.6) is 5.75 Å². The van der Waals surface area contributed by atoms with Gasteiger partial charge in [0.25, 0.3) is 5.91 Å².